The minimum Gasteiger partial charge on any atom is -0.497 e. The Bertz CT molecular complexity index is 810. The number of ether oxygens (including phenoxy) is 2. The van der Waals surface area contributed by atoms with E-state index in [4.69, 9.17) is 9.47 Å². The molecule has 0 aliphatic rings. The Kier molecular flexibility index (Phi) is 10.8. The minimum absolute atomic E-state index is 0.196. The third-order valence-corrected chi connectivity index (χ3v) is 4.60. The normalized spacial score (nSPS) is 11.6. The van der Waals surface area contributed by atoms with Crippen molar-refractivity contribution in [2.24, 2.45) is 4.99 Å². The monoisotopic (exact) mass is 430 g/mol. The number of halogens is 1. The second-order valence-electron chi connectivity index (χ2n) is 7.51. The van der Waals surface area contributed by atoms with E-state index in [1.807, 2.05) is 62.3 Å². The fourth-order valence-electron chi connectivity index (χ4n) is 2.96. The Morgan fingerprint density at radius 2 is 1.81 bits per heavy atom. The van der Waals surface area contributed by atoms with E-state index < -0.39 is 0 Å². The zero-order chi connectivity index (χ0) is 22.5. The summed E-state index contributed by atoms with van der Waals surface area (Å²) in [7, 11) is 5.51. The molecule has 0 fully saturated rings. The standard InChI is InChI=1S/C24H35FN4O2/c1-5-31-14-6-13-26-24(27-16-19-8-11-22(30-4)12-9-19)28-17-20-7-10-21(18-29(2)3)23(25)15-20/h7-12,15H,5-6,13-14,16-18H2,1-4H3,(H2,26,27,28). The highest BCUT2D eigenvalue weighted by molar-refractivity contribution is 5.79. The topological polar surface area (TPSA) is 58.1 Å². The van der Waals surface area contributed by atoms with Gasteiger partial charge in [-0.05, 0) is 56.8 Å². The van der Waals surface area contributed by atoms with E-state index in [0.29, 0.717) is 44.4 Å². The van der Waals surface area contributed by atoms with Gasteiger partial charge in [-0.2, -0.15) is 0 Å². The highest BCUT2D eigenvalue weighted by atomic mass is 19.1. The van der Waals surface area contributed by atoms with Crippen molar-refractivity contribution in [2.45, 2.75) is 33.0 Å². The number of rotatable bonds is 12. The molecule has 2 aromatic carbocycles. The van der Waals surface area contributed by atoms with Gasteiger partial charge in [0.2, 0.25) is 0 Å². The SMILES string of the molecule is CCOCCCNC(=NCc1ccc(CN(C)C)c(F)c1)NCc1ccc(OC)cc1. The summed E-state index contributed by atoms with van der Waals surface area (Å²) in [5.41, 5.74) is 2.63. The van der Waals surface area contributed by atoms with Crippen LogP contribution in [0.4, 0.5) is 4.39 Å². The van der Waals surface area contributed by atoms with Crippen LogP contribution in [0.1, 0.15) is 30.0 Å². The molecule has 0 saturated carbocycles. The van der Waals surface area contributed by atoms with Gasteiger partial charge < -0.3 is 25.0 Å². The van der Waals surface area contributed by atoms with Gasteiger partial charge in [-0.15, -0.1) is 0 Å². The number of nitrogens with zero attached hydrogens (tertiary/aromatic N) is 2. The molecule has 2 N–H and O–H groups in total. The predicted molar refractivity (Wildman–Crippen MR) is 124 cm³/mol. The predicted octanol–water partition coefficient (Wildman–Crippen LogP) is 3.56. The molecular formula is C24H35FN4O2. The summed E-state index contributed by atoms with van der Waals surface area (Å²) in [6.07, 6.45) is 0.880. The van der Waals surface area contributed by atoms with Crippen LogP contribution in [0, 0.1) is 5.82 Å². The zero-order valence-electron chi connectivity index (χ0n) is 19.1. The zero-order valence-corrected chi connectivity index (χ0v) is 19.1. The van der Waals surface area contributed by atoms with E-state index in [1.165, 1.54) is 0 Å². The average molecular weight is 431 g/mol. The van der Waals surface area contributed by atoms with Crippen LogP contribution in [0.15, 0.2) is 47.5 Å². The summed E-state index contributed by atoms with van der Waals surface area (Å²) >= 11 is 0. The third-order valence-electron chi connectivity index (χ3n) is 4.60. The quantitative estimate of drug-likeness (QED) is 0.306. The molecule has 2 rings (SSSR count). The van der Waals surface area contributed by atoms with Gasteiger partial charge in [-0.1, -0.05) is 24.3 Å². The molecule has 0 amide bonds. The lowest BCUT2D eigenvalue weighted by atomic mass is 10.1. The first kappa shape index (κ1) is 24.6. The molecule has 6 nitrogen and oxygen atoms in total. The third kappa shape index (κ3) is 9.36. The van der Waals surface area contributed by atoms with Gasteiger partial charge in [0.25, 0.3) is 0 Å². The van der Waals surface area contributed by atoms with Crippen LogP contribution in [0.25, 0.3) is 0 Å². The lowest BCUT2D eigenvalue weighted by Gasteiger charge is -2.14. The van der Waals surface area contributed by atoms with Gasteiger partial charge in [0.05, 0.1) is 13.7 Å². The Morgan fingerprint density at radius 3 is 2.45 bits per heavy atom. The molecule has 0 saturated heterocycles. The molecule has 0 spiro atoms. The van der Waals surface area contributed by atoms with Gasteiger partial charge in [-0.3, -0.25) is 0 Å². The smallest absolute Gasteiger partial charge is 0.191 e. The van der Waals surface area contributed by atoms with Crippen LogP contribution in [-0.2, 0) is 24.4 Å². The summed E-state index contributed by atoms with van der Waals surface area (Å²) in [5, 5.41) is 6.67. The van der Waals surface area contributed by atoms with E-state index in [9.17, 15) is 4.39 Å². The summed E-state index contributed by atoms with van der Waals surface area (Å²) in [6, 6.07) is 13.2. The lowest BCUT2D eigenvalue weighted by Crippen LogP contribution is -2.37. The number of benzene rings is 2. The van der Waals surface area contributed by atoms with Crippen LogP contribution in [0.5, 0.6) is 5.75 Å². The molecule has 31 heavy (non-hydrogen) atoms. The van der Waals surface area contributed by atoms with Crippen LogP contribution in [0.3, 0.4) is 0 Å². The fourth-order valence-corrected chi connectivity index (χ4v) is 2.96. The molecule has 0 bridgehead atoms. The van der Waals surface area contributed by atoms with E-state index in [1.54, 1.807) is 13.2 Å². The maximum absolute atomic E-state index is 14.4. The van der Waals surface area contributed by atoms with Crippen molar-refractivity contribution in [3.8, 4) is 5.75 Å². The van der Waals surface area contributed by atoms with Crippen molar-refractivity contribution in [3.05, 3.63) is 65.0 Å². The number of nitrogens with one attached hydrogen (secondary N) is 2. The van der Waals surface area contributed by atoms with Crippen molar-refractivity contribution < 1.29 is 13.9 Å². The first-order valence-electron chi connectivity index (χ1n) is 10.7. The molecule has 2 aromatic rings. The molecule has 0 aliphatic heterocycles. The fraction of sp³-hybridized carbons (Fsp3) is 0.458. The number of aliphatic imine (C=N–C) groups is 1. The van der Waals surface area contributed by atoms with Crippen LogP contribution in [0.2, 0.25) is 0 Å². The molecule has 0 atom stereocenters. The minimum atomic E-state index is -0.196. The van der Waals surface area contributed by atoms with Gasteiger partial charge in [0.1, 0.15) is 11.6 Å². The number of hydrogen-bond donors (Lipinski definition) is 2. The Labute approximate surface area is 185 Å². The average Bonchev–Trinajstić information content (AvgIpc) is 2.76. The summed E-state index contributed by atoms with van der Waals surface area (Å²) in [6.45, 7) is 5.73. The Hall–Kier alpha value is -2.64. The summed E-state index contributed by atoms with van der Waals surface area (Å²) < 4.78 is 25.0. The first-order valence-corrected chi connectivity index (χ1v) is 10.7. The van der Waals surface area contributed by atoms with Crippen LogP contribution in [-0.4, -0.2) is 51.8 Å². The van der Waals surface area contributed by atoms with Crippen molar-refractivity contribution in [1.29, 1.82) is 0 Å². The summed E-state index contributed by atoms with van der Waals surface area (Å²) in [4.78, 5) is 6.59. The van der Waals surface area contributed by atoms with E-state index in [2.05, 4.69) is 15.6 Å². The summed E-state index contributed by atoms with van der Waals surface area (Å²) in [5.74, 6) is 1.32. The van der Waals surface area contributed by atoms with Crippen LogP contribution >= 0.6 is 0 Å². The highest BCUT2D eigenvalue weighted by Crippen LogP contribution is 2.13. The number of guanidine groups is 1. The Morgan fingerprint density at radius 1 is 1.06 bits per heavy atom. The van der Waals surface area contributed by atoms with Crippen molar-refractivity contribution in [3.63, 3.8) is 0 Å². The van der Waals surface area contributed by atoms with Gasteiger partial charge in [0.15, 0.2) is 5.96 Å². The molecule has 0 aromatic heterocycles. The molecule has 0 radical (unpaired) electrons. The van der Waals surface area contributed by atoms with Crippen molar-refractivity contribution >= 4 is 5.96 Å². The maximum atomic E-state index is 14.4. The van der Waals surface area contributed by atoms with E-state index >= 15 is 0 Å². The number of methoxy groups -OCH3 is 1. The lowest BCUT2D eigenvalue weighted by molar-refractivity contribution is 0.145. The Balaban J connectivity index is 2.00. The maximum Gasteiger partial charge on any atom is 0.191 e. The van der Waals surface area contributed by atoms with Gasteiger partial charge in [0, 0.05) is 38.4 Å². The van der Waals surface area contributed by atoms with Crippen LogP contribution < -0.4 is 15.4 Å². The molecule has 170 valence electrons. The van der Waals surface area contributed by atoms with E-state index in [0.717, 1.165) is 29.8 Å². The molecular weight excluding hydrogens is 395 g/mol. The van der Waals surface area contributed by atoms with E-state index in [-0.39, 0.29) is 5.82 Å². The number of hydrogen-bond acceptors (Lipinski definition) is 4. The second-order valence-corrected chi connectivity index (χ2v) is 7.51. The molecule has 7 heteroatoms. The molecule has 0 aliphatic carbocycles. The molecule has 0 heterocycles. The first-order chi connectivity index (χ1) is 15.0. The van der Waals surface area contributed by atoms with Gasteiger partial charge in [-0.25, -0.2) is 9.38 Å². The second kappa shape index (κ2) is 13.6. The van der Waals surface area contributed by atoms with Crippen molar-refractivity contribution in [1.82, 2.24) is 15.5 Å². The molecule has 0 unspecified atom stereocenters. The largest absolute Gasteiger partial charge is 0.497 e. The highest BCUT2D eigenvalue weighted by Gasteiger charge is 2.06. The van der Waals surface area contributed by atoms with Gasteiger partial charge >= 0.3 is 0 Å². The van der Waals surface area contributed by atoms with Crippen molar-refractivity contribution in [2.75, 3.05) is 41.0 Å².